The van der Waals surface area contributed by atoms with E-state index >= 15 is 0 Å². The van der Waals surface area contributed by atoms with E-state index in [9.17, 15) is 9.60 Å². The summed E-state index contributed by atoms with van der Waals surface area (Å²) in [5.74, 6) is -0.240. The molecule has 0 saturated heterocycles. The molecule has 0 spiro atoms. The van der Waals surface area contributed by atoms with Crippen LogP contribution in [-0.4, -0.2) is 34.4 Å². The third kappa shape index (κ3) is 3.91. The van der Waals surface area contributed by atoms with Crippen molar-refractivity contribution >= 4 is 17.3 Å². The van der Waals surface area contributed by atoms with Gasteiger partial charge in [0.25, 0.3) is 0 Å². The molecule has 114 valence electrons. The monoisotopic (exact) mass is 306 g/mol. The van der Waals surface area contributed by atoms with Crippen LogP contribution >= 0.6 is 0 Å². The molecule has 2 rings (SSSR count). The zero-order chi connectivity index (χ0) is 15.8. The summed E-state index contributed by atoms with van der Waals surface area (Å²) in [7, 11) is 0. The van der Waals surface area contributed by atoms with E-state index in [1.807, 2.05) is 5.48 Å². The molecule has 0 saturated carbocycles. The van der Waals surface area contributed by atoms with Crippen LogP contribution in [-0.2, 0) is 0 Å². The van der Waals surface area contributed by atoms with Gasteiger partial charge in [-0.1, -0.05) is 5.11 Å². The van der Waals surface area contributed by atoms with Gasteiger partial charge in [0, 0.05) is 18.0 Å². The van der Waals surface area contributed by atoms with Crippen molar-refractivity contribution in [2.75, 3.05) is 18.4 Å². The largest absolute Gasteiger partial charge is 0.365 e. The van der Waals surface area contributed by atoms with Gasteiger partial charge in [-0.15, -0.1) is 0 Å². The number of hydroxylamine groups is 1. The van der Waals surface area contributed by atoms with Gasteiger partial charge in [0.1, 0.15) is 5.82 Å². The normalized spacial score (nSPS) is 10.9. The molecule has 0 fully saturated rings. The number of hydrogen-bond acceptors (Lipinski definition) is 7. The fourth-order valence-electron chi connectivity index (χ4n) is 1.50. The molecule has 1 aromatic carbocycles. The lowest BCUT2D eigenvalue weighted by Gasteiger charge is -2.04. The van der Waals surface area contributed by atoms with Gasteiger partial charge in [0.05, 0.1) is 5.69 Å². The molecule has 0 unspecified atom stereocenters. The van der Waals surface area contributed by atoms with Gasteiger partial charge in [-0.3, -0.25) is 10.7 Å². The van der Waals surface area contributed by atoms with Crippen LogP contribution in [0.5, 0.6) is 0 Å². The minimum absolute atomic E-state index is 0.0425. The standard InChI is InChI=1S/C11H11FN8O2/c12-7-1-3-8(4-2-7)16-11(17-21)9-10(19-22-18-9)14-5-6-15-20-13/h1-4,21H,5-6H2,(H,14,19)(H,16,17). The van der Waals surface area contributed by atoms with E-state index in [1.54, 1.807) is 0 Å². The highest BCUT2D eigenvalue weighted by atomic mass is 19.1. The second kappa shape index (κ2) is 7.57. The number of halogens is 1. The number of azide groups is 1. The van der Waals surface area contributed by atoms with Gasteiger partial charge in [-0.05, 0) is 40.1 Å². The van der Waals surface area contributed by atoms with E-state index in [2.05, 4.69) is 35.3 Å². The van der Waals surface area contributed by atoms with Gasteiger partial charge in [0.2, 0.25) is 5.82 Å². The molecule has 0 atom stereocenters. The molecule has 10 nitrogen and oxygen atoms in total. The fourth-order valence-corrected chi connectivity index (χ4v) is 1.50. The van der Waals surface area contributed by atoms with Crippen molar-refractivity contribution in [3.63, 3.8) is 0 Å². The highest BCUT2D eigenvalue weighted by molar-refractivity contribution is 6.01. The number of amidine groups is 1. The molecular formula is C11H11FN8O2. The Morgan fingerprint density at radius 2 is 2.14 bits per heavy atom. The first-order valence-corrected chi connectivity index (χ1v) is 6.06. The molecule has 0 aliphatic carbocycles. The molecule has 0 radical (unpaired) electrons. The number of nitrogens with one attached hydrogen (secondary N) is 2. The van der Waals surface area contributed by atoms with Crippen LogP contribution in [0.15, 0.2) is 39.0 Å². The quantitative estimate of drug-likeness (QED) is 0.141. The smallest absolute Gasteiger partial charge is 0.202 e. The van der Waals surface area contributed by atoms with Crippen LogP contribution in [0.25, 0.3) is 10.4 Å². The molecule has 11 heteroatoms. The van der Waals surface area contributed by atoms with E-state index in [4.69, 9.17) is 5.53 Å². The Morgan fingerprint density at radius 1 is 1.36 bits per heavy atom. The summed E-state index contributed by atoms with van der Waals surface area (Å²) in [6, 6.07) is 5.31. The number of hydrogen-bond donors (Lipinski definition) is 3. The lowest BCUT2D eigenvalue weighted by Crippen LogP contribution is -2.22. The van der Waals surface area contributed by atoms with Gasteiger partial charge in [-0.25, -0.2) is 14.0 Å². The third-order valence-electron chi connectivity index (χ3n) is 2.45. The molecule has 0 bridgehead atoms. The number of aromatic nitrogens is 2. The molecule has 0 aliphatic heterocycles. The van der Waals surface area contributed by atoms with Gasteiger partial charge in [-0.2, -0.15) is 0 Å². The first kappa shape index (κ1) is 15.2. The Morgan fingerprint density at radius 3 is 2.82 bits per heavy atom. The number of rotatable bonds is 6. The molecule has 1 aromatic heterocycles. The number of benzene rings is 1. The second-order valence-corrected chi connectivity index (χ2v) is 3.89. The maximum Gasteiger partial charge on any atom is 0.202 e. The Hall–Kier alpha value is -3.17. The minimum Gasteiger partial charge on any atom is -0.365 e. The van der Waals surface area contributed by atoms with E-state index < -0.39 is 5.82 Å². The number of nitrogens with zero attached hydrogens (tertiary/aromatic N) is 6. The van der Waals surface area contributed by atoms with Crippen molar-refractivity contribution in [1.82, 2.24) is 15.8 Å². The van der Waals surface area contributed by atoms with Crippen molar-refractivity contribution in [3.8, 4) is 0 Å². The average molecular weight is 306 g/mol. The van der Waals surface area contributed by atoms with Crippen LogP contribution in [0, 0.1) is 5.82 Å². The molecule has 0 amide bonds. The maximum absolute atomic E-state index is 12.9. The molecule has 0 aliphatic rings. The maximum atomic E-state index is 12.9. The highest BCUT2D eigenvalue weighted by Gasteiger charge is 2.16. The van der Waals surface area contributed by atoms with Crippen molar-refractivity contribution in [3.05, 3.63) is 46.2 Å². The molecule has 1 heterocycles. The molecular weight excluding hydrogens is 295 g/mol. The third-order valence-corrected chi connectivity index (χ3v) is 2.45. The van der Waals surface area contributed by atoms with Gasteiger partial charge < -0.3 is 5.32 Å². The zero-order valence-electron chi connectivity index (χ0n) is 11.1. The highest BCUT2D eigenvalue weighted by Crippen LogP contribution is 2.16. The summed E-state index contributed by atoms with van der Waals surface area (Å²) < 4.78 is 17.4. The Balaban J connectivity index is 2.18. The van der Waals surface area contributed by atoms with Crippen LogP contribution in [0.1, 0.15) is 5.69 Å². The lowest BCUT2D eigenvalue weighted by atomic mass is 10.3. The predicted molar refractivity (Wildman–Crippen MR) is 74.3 cm³/mol. The van der Waals surface area contributed by atoms with E-state index in [0.29, 0.717) is 12.2 Å². The first-order chi connectivity index (χ1) is 10.7. The minimum atomic E-state index is -0.402. The summed E-state index contributed by atoms with van der Waals surface area (Å²) in [6.45, 7) is 0.486. The van der Waals surface area contributed by atoms with Crippen LogP contribution in [0.2, 0.25) is 0 Å². The zero-order valence-corrected chi connectivity index (χ0v) is 11.1. The second-order valence-electron chi connectivity index (χ2n) is 3.89. The van der Waals surface area contributed by atoms with E-state index in [0.717, 1.165) is 0 Å². The van der Waals surface area contributed by atoms with Crippen molar-refractivity contribution in [2.45, 2.75) is 0 Å². The molecule has 22 heavy (non-hydrogen) atoms. The summed E-state index contributed by atoms with van der Waals surface area (Å²) >= 11 is 0. The van der Waals surface area contributed by atoms with Crippen LogP contribution in [0.4, 0.5) is 15.9 Å². The topological polar surface area (TPSA) is 144 Å². The van der Waals surface area contributed by atoms with E-state index in [1.165, 1.54) is 24.3 Å². The van der Waals surface area contributed by atoms with Crippen LogP contribution < -0.4 is 10.8 Å². The average Bonchev–Trinajstić information content (AvgIpc) is 2.99. The Bertz CT molecular complexity index is 692. The van der Waals surface area contributed by atoms with Crippen LogP contribution in [0.3, 0.4) is 0 Å². The fraction of sp³-hybridized carbons (Fsp3) is 0.182. The van der Waals surface area contributed by atoms with Gasteiger partial charge in [0.15, 0.2) is 11.5 Å². The molecule has 3 N–H and O–H groups in total. The number of aliphatic imine (C=N–C) groups is 1. The van der Waals surface area contributed by atoms with Crippen molar-refractivity contribution < 1.29 is 14.2 Å². The van der Waals surface area contributed by atoms with E-state index in [-0.39, 0.29) is 23.9 Å². The first-order valence-electron chi connectivity index (χ1n) is 6.06. The SMILES string of the molecule is [N-]=[N+]=NCCNc1nonc1C(=Nc1ccc(F)cc1)NO. The summed E-state index contributed by atoms with van der Waals surface area (Å²) in [5, 5.41) is 22.6. The summed E-state index contributed by atoms with van der Waals surface area (Å²) in [5.41, 5.74) is 10.6. The number of anilines is 1. The Kier molecular flexibility index (Phi) is 5.24. The van der Waals surface area contributed by atoms with Crippen molar-refractivity contribution in [2.24, 2.45) is 10.1 Å². The summed E-state index contributed by atoms with van der Waals surface area (Å²) in [6.07, 6.45) is 0. The Labute approximate surface area is 123 Å². The predicted octanol–water partition coefficient (Wildman–Crippen LogP) is 1.99. The lowest BCUT2D eigenvalue weighted by molar-refractivity contribution is 0.234. The molecule has 2 aromatic rings. The van der Waals surface area contributed by atoms with Gasteiger partial charge >= 0.3 is 0 Å². The van der Waals surface area contributed by atoms with Crippen molar-refractivity contribution in [1.29, 1.82) is 0 Å². The summed E-state index contributed by atoms with van der Waals surface area (Å²) in [4.78, 5) is 6.68.